The van der Waals surface area contributed by atoms with E-state index in [4.69, 9.17) is 4.74 Å². The molecule has 2 aliphatic heterocycles. The van der Waals surface area contributed by atoms with E-state index in [-0.39, 0.29) is 6.04 Å². The molecule has 2 saturated heterocycles. The summed E-state index contributed by atoms with van der Waals surface area (Å²) in [6.45, 7) is 3.70. The normalized spacial score (nSPS) is 27.5. The van der Waals surface area contributed by atoms with Gasteiger partial charge in [0.25, 0.3) is 0 Å². The van der Waals surface area contributed by atoms with Crippen LogP contribution in [0.4, 0.5) is 5.82 Å². The summed E-state index contributed by atoms with van der Waals surface area (Å²) in [5.41, 5.74) is 5.72. The molecule has 0 bridgehead atoms. The van der Waals surface area contributed by atoms with Gasteiger partial charge in [0.1, 0.15) is 11.7 Å². The second-order valence-electron chi connectivity index (χ2n) is 6.39. The quantitative estimate of drug-likeness (QED) is 0.658. The number of sulfonamides is 1. The van der Waals surface area contributed by atoms with E-state index in [0.29, 0.717) is 32.6 Å². The summed E-state index contributed by atoms with van der Waals surface area (Å²) in [5, 5.41) is -1.03. The summed E-state index contributed by atoms with van der Waals surface area (Å²) in [5.74, 6) is -0.456. The summed E-state index contributed by atoms with van der Waals surface area (Å²) in [4.78, 5) is 18.5. The molecule has 144 valence electrons. The standard InChI is InChI=1S/C16H25N5O4S/c1-3-12-14(16(22)25-2)15(19-18-12)26(23,24)21-10-8-20(9-11-21)13-6-4-5-7-17-13/h4-7,12,14-15,18-19H,3,8-11H2,1-2H3. The van der Waals surface area contributed by atoms with Crippen molar-refractivity contribution in [1.82, 2.24) is 20.1 Å². The van der Waals surface area contributed by atoms with Crippen LogP contribution in [-0.4, -0.2) is 68.4 Å². The summed E-state index contributed by atoms with van der Waals surface area (Å²) in [7, 11) is -2.42. The van der Waals surface area contributed by atoms with Crippen molar-refractivity contribution in [3.8, 4) is 0 Å². The summed E-state index contributed by atoms with van der Waals surface area (Å²) in [6, 6.07) is 5.38. The van der Waals surface area contributed by atoms with Gasteiger partial charge in [-0.3, -0.25) is 10.2 Å². The first-order valence-electron chi connectivity index (χ1n) is 8.73. The van der Waals surface area contributed by atoms with Crippen LogP contribution in [0.15, 0.2) is 24.4 Å². The van der Waals surface area contributed by atoms with E-state index >= 15 is 0 Å². The average Bonchev–Trinajstić information content (AvgIpc) is 3.13. The van der Waals surface area contributed by atoms with Crippen LogP contribution in [0.1, 0.15) is 13.3 Å². The molecular weight excluding hydrogens is 358 g/mol. The number of carbonyl (C=O) groups is 1. The van der Waals surface area contributed by atoms with Gasteiger partial charge in [-0.2, -0.15) is 4.31 Å². The van der Waals surface area contributed by atoms with Crippen LogP contribution < -0.4 is 15.8 Å². The van der Waals surface area contributed by atoms with Gasteiger partial charge in [0, 0.05) is 38.4 Å². The molecule has 2 fully saturated rings. The van der Waals surface area contributed by atoms with Crippen molar-refractivity contribution in [2.24, 2.45) is 5.92 Å². The van der Waals surface area contributed by atoms with Gasteiger partial charge in [-0.15, -0.1) is 0 Å². The van der Waals surface area contributed by atoms with Gasteiger partial charge >= 0.3 is 5.97 Å². The summed E-state index contributed by atoms with van der Waals surface area (Å²) >= 11 is 0. The van der Waals surface area contributed by atoms with Gasteiger partial charge in [-0.1, -0.05) is 13.0 Å². The van der Waals surface area contributed by atoms with E-state index in [9.17, 15) is 13.2 Å². The van der Waals surface area contributed by atoms with Gasteiger partial charge in [0.05, 0.1) is 7.11 Å². The minimum Gasteiger partial charge on any atom is -0.469 e. The molecule has 3 rings (SSSR count). The molecule has 10 heteroatoms. The Balaban J connectivity index is 1.71. The van der Waals surface area contributed by atoms with E-state index in [0.717, 1.165) is 5.82 Å². The van der Waals surface area contributed by atoms with Crippen LogP contribution in [-0.2, 0) is 19.6 Å². The first kappa shape index (κ1) is 19.0. The largest absolute Gasteiger partial charge is 0.469 e. The lowest BCUT2D eigenvalue weighted by Gasteiger charge is -2.36. The zero-order chi connectivity index (χ0) is 18.7. The molecule has 0 spiro atoms. The van der Waals surface area contributed by atoms with Crippen molar-refractivity contribution >= 4 is 21.8 Å². The number of rotatable bonds is 5. The van der Waals surface area contributed by atoms with Crippen LogP contribution >= 0.6 is 0 Å². The molecule has 9 nitrogen and oxygen atoms in total. The molecule has 3 heterocycles. The van der Waals surface area contributed by atoms with Crippen LogP contribution in [0.3, 0.4) is 0 Å². The Morgan fingerprint density at radius 3 is 2.58 bits per heavy atom. The Morgan fingerprint density at radius 1 is 1.27 bits per heavy atom. The minimum atomic E-state index is -3.70. The van der Waals surface area contributed by atoms with Gasteiger partial charge in [0.2, 0.25) is 10.0 Å². The molecule has 0 aromatic carbocycles. The van der Waals surface area contributed by atoms with Crippen molar-refractivity contribution in [2.75, 3.05) is 38.2 Å². The fourth-order valence-corrected chi connectivity index (χ4v) is 5.37. The Bertz CT molecular complexity index is 721. The highest BCUT2D eigenvalue weighted by Crippen LogP contribution is 2.26. The molecule has 0 saturated carbocycles. The number of pyridine rings is 1. The second-order valence-corrected chi connectivity index (χ2v) is 8.45. The zero-order valence-corrected chi connectivity index (χ0v) is 15.8. The molecular formula is C16H25N5O4S. The topological polar surface area (TPSA) is 104 Å². The predicted molar refractivity (Wildman–Crippen MR) is 96.6 cm³/mol. The highest BCUT2D eigenvalue weighted by atomic mass is 32.2. The Hall–Kier alpha value is -1.75. The monoisotopic (exact) mass is 383 g/mol. The highest BCUT2D eigenvalue weighted by molar-refractivity contribution is 7.89. The number of hydrogen-bond donors (Lipinski definition) is 2. The summed E-state index contributed by atoms with van der Waals surface area (Å²) in [6.07, 6.45) is 2.34. The number of nitrogens with one attached hydrogen (secondary N) is 2. The SMILES string of the molecule is CCC1NNC(S(=O)(=O)N2CCN(c3ccccn3)CC2)C1C(=O)OC. The number of nitrogens with zero attached hydrogens (tertiary/aromatic N) is 3. The third-order valence-corrected chi connectivity index (χ3v) is 7.11. The molecule has 2 aliphatic rings. The molecule has 1 aromatic rings. The molecule has 2 N–H and O–H groups in total. The van der Waals surface area contributed by atoms with Gasteiger partial charge in [0.15, 0.2) is 5.37 Å². The maximum absolute atomic E-state index is 13.1. The number of hydrogen-bond acceptors (Lipinski definition) is 8. The predicted octanol–water partition coefficient (Wildman–Crippen LogP) is -0.465. The first-order valence-corrected chi connectivity index (χ1v) is 10.2. The van der Waals surface area contributed by atoms with Crippen molar-refractivity contribution in [2.45, 2.75) is 24.8 Å². The van der Waals surface area contributed by atoms with Crippen LogP contribution in [0.25, 0.3) is 0 Å². The lowest BCUT2D eigenvalue weighted by molar-refractivity contribution is -0.145. The van der Waals surface area contributed by atoms with Crippen LogP contribution in [0.5, 0.6) is 0 Å². The highest BCUT2D eigenvalue weighted by Gasteiger charge is 2.50. The molecule has 0 aliphatic carbocycles. The first-order chi connectivity index (χ1) is 12.5. The minimum absolute atomic E-state index is 0.281. The van der Waals surface area contributed by atoms with E-state index in [1.54, 1.807) is 6.20 Å². The second kappa shape index (κ2) is 7.87. The summed E-state index contributed by atoms with van der Waals surface area (Å²) < 4.78 is 32.5. The Morgan fingerprint density at radius 2 is 2.00 bits per heavy atom. The number of aromatic nitrogens is 1. The molecule has 26 heavy (non-hydrogen) atoms. The Labute approximate surface area is 153 Å². The smallest absolute Gasteiger partial charge is 0.313 e. The molecule has 0 amide bonds. The zero-order valence-electron chi connectivity index (χ0n) is 15.0. The van der Waals surface area contributed by atoms with E-state index in [1.165, 1.54) is 11.4 Å². The lowest BCUT2D eigenvalue weighted by atomic mass is 10.00. The van der Waals surface area contributed by atoms with E-state index in [1.807, 2.05) is 25.1 Å². The lowest BCUT2D eigenvalue weighted by Crippen LogP contribution is -2.55. The molecule has 0 radical (unpaired) electrons. The molecule has 3 atom stereocenters. The van der Waals surface area contributed by atoms with Crippen molar-refractivity contribution in [3.63, 3.8) is 0 Å². The third kappa shape index (κ3) is 3.54. The van der Waals surface area contributed by atoms with Gasteiger partial charge in [-0.05, 0) is 18.6 Å². The van der Waals surface area contributed by atoms with Gasteiger partial charge < -0.3 is 9.64 Å². The number of carbonyl (C=O) groups excluding carboxylic acids is 1. The van der Waals surface area contributed by atoms with Crippen LogP contribution in [0, 0.1) is 5.92 Å². The maximum atomic E-state index is 13.1. The third-order valence-electron chi connectivity index (χ3n) is 4.98. The fraction of sp³-hybridized carbons (Fsp3) is 0.625. The average molecular weight is 383 g/mol. The van der Waals surface area contributed by atoms with Crippen LogP contribution in [0.2, 0.25) is 0 Å². The number of esters is 1. The van der Waals surface area contributed by atoms with Gasteiger partial charge in [-0.25, -0.2) is 18.8 Å². The number of anilines is 1. The van der Waals surface area contributed by atoms with E-state index in [2.05, 4.69) is 20.7 Å². The van der Waals surface area contributed by atoms with Crippen molar-refractivity contribution < 1.29 is 17.9 Å². The number of ether oxygens (including phenoxy) is 1. The van der Waals surface area contributed by atoms with Crippen molar-refractivity contribution in [1.29, 1.82) is 0 Å². The number of methoxy groups -OCH3 is 1. The fourth-order valence-electron chi connectivity index (χ4n) is 3.49. The van der Waals surface area contributed by atoms with Crippen molar-refractivity contribution in [3.05, 3.63) is 24.4 Å². The molecule has 1 aromatic heterocycles. The van der Waals surface area contributed by atoms with E-state index < -0.39 is 27.3 Å². The Kier molecular flexibility index (Phi) is 5.76. The molecule has 3 unspecified atom stereocenters. The maximum Gasteiger partial charge on any atom is 0.313 e. The number of hydrazine groups is 1. The number of piperazine rings is 1.